The van der Waals surface area contributed by atoms with Gasteiger partial charge in [0, 0.05) is 5.56 Å². The maximum atomic E-state index is 13.3. The van der Waals surface area contributed by atoms with Crippen LogP contribution in [0.1, 0.15) is 33.5 Å². The van der Waals surface area contributed by atoms with Crippen molar-refractivity contribution in [2.75, 3.05) is 12.0 Å². The van der Waals surface area contributed by atoms with Gasteiger partial charge in [-0.05, 0) is 83.2 Å². The molecule has 0 aliphatic heterocycles. The van der Waals surface area contributed by atoms with Crippen molar-refractivity contribution in [3.63, 3.8) is 0 Å². The van der Waals surface area contributed by atoms with Gasteiger partial charge in [0.15, 0.2) is 0 Å². The maximum absolute atomic E-state index is 13.3. The number of hydrogen-bond donors (Lipinski definition) is 2. The Balaban J connectivity index is 0.00000420. The molecule has 196 valence electrons. The van der Waals surface area contributed by atoms with Gasteiger partial charge in [0.1, 0.15) is 6.04 Å². The van der Waals surface area contributed by atoms with Crippen molar-refractivity contribution in [3.05, 3.63) is 119 Å². The Morgan fingerprint density at radius 2 is 1.49 bits per heavy atom. The van der Waals surface area contributed by atoms with Gasteiger partial charge in [-0.1, -0.05) is 91.0 Å². The van der Waals surface area contributed by atoms with Crippen LogP contribution in [0, 0.1) is 6.92 Å². The Hall–Kier alpha value is -3.23. The Bertz CT molecular complexity index is 1410. The Labute approximate surface area is 247 Å². The van der Waals surface area contributed by atoms with Crippen molar-refractivity contribution in [3.8, 4) is 22.3 Å². The molecule has 6 heteroatoms. The third kappa shape index (κ3) is 7.89. The molecular weight excluding hydrogens is 497 g/mol. The van der Waals surface area contributed by atoms with Crippen molar-refractivity contribution >= 4 is 42.5 Å². The number of carboxylic acids is 1. The fourth-order valence-corrected chi connectivity index (χ4v) is 5.16. The summed E-state index contributed by atoms with van der Waals surface area (Å²) >= 11 is 1.56. The topological polar surface area (TPSA) is 66.4 Å². The van der Waals surface area contributed by atoms with E-state index in [0.29, 0.717) is 17.7 Å². The van der Waals surface area contributed by atoms with Crippen LogP contribution in [0.3, 0.4) is 0 Å². The molecule has 1 amide bonds. The van der Waals surface area contributed by atoms with E-state index in [1.54, 1.807) is 11.8 Å². The minimum absolute atomic E-state index is 0. The summed E-state index contributed by atoms with van der Waals surface area (Å²) in [5.74, 6) is -0.720. The fourth-order valence-electron chi connectivity index (χ4n) is 4.69. The Morgan fingerprint density at radius 3 is 2.18 bits per heavy atom. The average molecular weight is 532 g/mol. The van der Waals surface area contributed by atoms with Gasteiger partial charge in [-0.2, -0.15) is 11.8 Å². The summed E-state index contributed by atoms with van der Waals surface area (Å²) < 4.78 is 0. The van der Waals surface area contributed by atoms with E-state index in [4.69, 9.17) is 0 Å². The van der Waals surface area contributed by atoms with Gasteiger partial charge < -0.3 is 10.4 Å². The molecule has 0 spiro atoms. The summed E-state index contributed by atoms with van der Waals surface area (Å²) in [5, 5.41) is 12.4. The predicted octanol–water partition coefficient (Wildman–Crippen LogP) is 6.40. The Morgan fingerprint density at radius 1 is 0.821 bits per heavy atom. The van der Waals surface area contributed by atoms with Crippen LogP contribution in [-0.2, 0) is 17.6 Å². The molecule has 4 aromatic rings. The van der Waals surface area contributed by atoms with Crippen LogP contribution in [0.5, 0.6) is 0 Å². The van der Waals surface area contributed by atoms with Gasteiger partial charge >= 0.3 is 24.8 Å². The molecule has 0 bridgehead atoms. The zero-order valence-corrected chi connectivity index (χ0v) is 22.6. The van der Waals surface area contributed by atoms with Crippen molar-refractivity contribution in [2.24, 2.45) is 0 Å². The number of thioether (sulfide) groups is 1. The minimum atomic E-state index is -1.02. The van der Waals surface area contributed by atoms with Crippen molar-refractivity contribution in [1.29, 1.82) is 0 Å². The molecule has 2 N–H and O–H groups in total. The summed E-state index contributed by atoms with van der Waals surface area (Å²) in [5.41, 5.74) is 8.17. The predicted molar refractivity (Wildman–Crippen MR) is 165 cm³/mol. The van der Waals surface area contributed by atoms with E-state index >= 15 is 0 Å². The standard InChI is InChI=1S/C33H33NO3S.Li.H/c1-23-10-6-8-14-27(23)30-22-24(17-19-29(30)32(35)34-31(33(36)37)20-21-38-2)16-18-26-13-7-9-15-28(26)25-11-4-3-5-12-25;;/h3-15,17,19,22,31H,16,18,20-21H2,1-2H3,(H,34,35)(H,36,37);;/t31-;;/m0../s1. The molecule has 0 aliphatic carbocycles. The van der Waals surface area contributed by atoms with E-state index in [-0.39, 0.29) is 24.8 Å². The van der Waals surface area contributed by atoms with Crippen LogP contribution in [0.25, 0.3) is 22.3 Å². The molecule has 0 fully saturated rings. The van der Waals surface area contributed by atoms with Gasteiger partial charge in [-0.25, -0.2) is 4.79 Å². The summed E-state index contributed by atoms with van der Waals surface area (Å²) in [6.45, 7) is 2.03. The third-order valence-corrected chi connectivity index (χ3v) is 7.41. The SMILES string of the molecule is CSCC[C@H](NC(=O)c1ccc(CCc2ccccc2-c2ccccc2)cc1-c1ccccc1C)C(=O)O.[LiH]. The number of carbonyl (C=O) groups is 2. The van der Waals surface area contributed by atoms with Gasteiger partial charge in [-0.15, -0.1) is 0 Å². The summed E-state index contributed by atoms with van der Waals surface area (Å²) in [4.78, 5) is 25.1. The molecule has 0 unspecified atom stereocenters. The monoisotopic (exact) mass is 531 g/mol. The molecule has 0 heterocycles. The number of carbonyl (C=O) groups excluding carboxylic acids is 1. The van der Waals surface area contributed by atoms with Gasteiger partial charge in [-0.3, -0.25) is 4.79 Å². The van der Waals surface area contributed by atoms with Crippen molar-refractivity contribution in [1.82, 2.24) is 5.32 Å². The molecular formula is C33H34LiNO3S. The first-order chi connectivity index (χ1) is 18.5. The first kappa shape index (κ1) is 30.3. The number of aryl methyl sites for hydroxylation is 3. The van der Waals surface area contributed by atoms with Crippen LogP contribution in [0.2, 0.25) is 0 Å². The number of nitrogens with one attached hydrogen (secondary N) is 1. The van der Waals surface area contributed by atoms with Gasteiger partial charge in [0.05, 0.1) is 0 Å². The second-order valence-electron chi connectivity index (χ2n) is 9.36. The van der Waals surface area contributed by atoms with E-state index in [1.807, 2.05) is 55.6 Å². The molecule has 0 aliphatic rings. The normalized spacial score (nSPS) is 11.3. The van der Waals surface area contributed by atoms with Crippen LogP contribution in [0.4, 0.5) is 0 Å². The molecule has 39 heavy (non-hydrogen) atoms. The fraction of sp³-hybridized carbons (Fsp3) is 0.212. The quantitative estimate of drug-likeness (QED) is 0.220. The van der Waals surface area contributed by atoms with Crippen molar-refractivity contribution in [2.45, 2.75) is 32.2 Å². The molecule has 4 rings (SSSR count). The third-order valence-electron chi connectivity index (χ3n) is 6.76. The zero-order valence-electron chi connectivity index (χ0n) is 21.8. The van der Waals surface area contributed by atoms with E-state index < -0.39 is 12.0 Å². The molecule has 0 saturated carbocycles. The van der Waals surface area contributed by atoms with E-state index in [1.165, 1.54) is 16.7 Å². The number of aliphatic carboxylic acids is 1. The number of hydrogen-bond acceptors (Lipinski definition) is 3. The van der Waals surface area contributed by atoms with Crippen LogP contribution in [-0.4, -0.2) is 53.9 Å². The van der Waals surface area contributed by atoms with Crippen molar-refractivity contribution < 1.29 is 14.7 Å². The summed E-state index contributed by atoms with van der Waals surface area (Å²) in [6, 6.07) is 31.8. The number of amides is 1. The first-order valence-corrected chi connectivity index (χ1v) is 14.2. The van der Waals surface area contributed by atoms with E-state index in [0.717, 1.165) is 35.1 Å². The molecule has 0 radical (unpaired) electrons. The van der Waals surface area contributed by atoms with E-state index in [9.17, 15) is 14.7 Å². The number of rotatable bonds is 11. The van der Waals surface area contributed by atoms with Crippen LogP contribution >= 0.6 is 11.8 Å². The van der Waals surface area contributed by atoms with E-state index in [2.05, 4.69) is 59.9 Å². The second kappa shape index (κ2) is 14.8. The van der Waals surface area contributed by atoms with Gasteiger partial charge in [0.2, 0.25) is 0 Å². The average Bonchev–Trinajstić information content (AvgIpc) is 2.94. The summed E-state index contributed by atoms with van der Waals surface area (Å²) in [6.07, 6.45) is 3.98. The second-order valence-corrected chi connectivity index (χ2v) is 10.3. The van der Waals surface area contributed by atoms with Crippen LogP contribution < -0.4 is 5.32 Å². The molecule has 1 atom stereocenters. The summed E-state index contributed by atoms with van der Waals surface area (Å²) in [7, 11) is 0. The number of carboxylic acid groups (broad SMARTS) is 1. The van der Waals surface area contributed by atoms with Crippen LogP contribution in [0.15, 0.2) is 97.1 Å². The molecule has 4 nitrogen and oxygen atoms in total. The van der Waals surface area contributed by atoms with Gasteiger partial charge in [0.25, 0.3) is 5.91 Å². The Kier molecular flexibility index (Phi) is 11.5. The molecule has 4 aromatic carbocycles. The molecule has 0 saturated heterocycles. The first-order valence-electron chi connectivity index (χ1n) is 12.8. The zero-order chi connectivity index (χ0) is 26.9. The molecule has 0 aromatic heterocycles. The number of benzene rings is 4.